The van der Waals surface area contributed by atoms with Crippen molar-refractivity contribution in [2.45, 2.75) is 13.1 Å². The molecule has 5 heteroatoms. The third-order valence-electron chi connectivity index (χ3n) is 1.52. The number of aromatic nitrogens is 2. The molecule has 0 radical (unpaired) electrons. The molecule has 3 nitrogen and oxygen atoms in total. The van der Waals surface area contributed by atoms with Crippen LogP contribution < -0.4 is 5.32 Å². The summed E-state index contributed by atoms with van der Waals surface area (Å²) in [5, 5.41) is 9.50. The number of thiazole rings is 2. The molecular formula is C8H9N3S2. The van der Waals surface area contributed by atoms with Gasteiger partial charge in [-0.05, 0) is 0 Å². The first-order valence-corrected chi connectivity index (χ1v) is 5.68. The smallest absolute Gasteiger partial charge is 0.106 e. The fourth-order valence-corrected chi connectivity index (χ4v) is 2.13. The SMILES string of the molecule is c1csc(CNCc2nccs2)n1. The van der Waals surface area contributed by atoms with Crippen LogP contribution in [0.5, 0.6) is 0 Å². The van der Waals surface area contributed by atoms with Gasteiger partial charge in [0.05, 0.1) is 0 Å². The first-order chi connectivity index (χ1) is 6.45. The molecule has 0 bridgehead atoms. The zero-order chi connectivity index (χ0) is 8.93. The molecule has 2 rings (SSSR count). The summed E-state index contributed by atoms with van der Waals surface area (Å²) in [6.07, 6.45) is 3.65. The topological polar surface area (TPSA) is 37.8 Å². The van der Waals surface area contributed by atoms with E-state index in [1.165, 1.54) is 0 Å². The monoisotopic (exact) mass is 211 g/mol. The summed E-state index contributed by atoms with van der Waals surface area (Å²) in [4.78, 5) is 8.35. The van der Waals surface area contributed by atoms with Gasteiger partial charge in [0.2, 0.25) is 0 Å². The average molecular weight is 211 g/mol. The van der Waals surface area contributed by atoms with Crippen LogP contribution in [0.2, 0.25) is 0 Å². The predicted octanol–water partition coefficient (Wildman–Crippen LogP) is 1.89. The summed E-state index contributed by atoms with van der Waals surface area (Å²) in [6.45, 7) is 1.66. The summed E-state index contributed by atoms with van der Waals surface area (Å²) in [6, 6.07) is 0. The summed E-state index contributed by atoms with van der Waals surface area (Å²) in [7, 11) is 0. The molecule has 0 saturated heterocycles. The molecule has 0 saturated carbocycles. The molecule has 0 fully saturated rings. The van der Waals surface area contributed by atoms with E-state index in [9.17, 15) is 0 Å². The van der Waals surface area contributed by atoms with Crippen LogP contribution in [0.25, 0.3) is 0 Å². The predicted molar refractivity (Wildman–Crippen MR) is 54.8 cm³/mol. The lowest BCUT2D eigenvalue weighted by Gasteiger charge is -1.97. The van der Waals surface area contributed by atoms with Crippen molar-refractivity contribution in [1.29, 1.82) is 0 Å². The standard InChI is InChI=1S/C8H9N3S2/c1-3-12-7(10-1)5-9-6-8-11-2-4-13-8/h1-4,9H,5-6H2. The quantitative estimate of drug-likeness (QED) is 0.839. The zero-order valence-corrected chi connectivity index (χ0v) is 8.57. The van der Waals surface area contributed by atoms with Gasteiger partial charge >= 0.3 is 0 Å². The van der Waals surface area contributed by atoms with Crippen LogP contribution in [0.1, 0.15) is 10.0 Å². The molecule has 0 amide bonds. The third kappa shape index (κ3) is 2.58. The van der Waals surface area contributed by atoms with Crippen LogP contribution in [0.4, 0.5) is 0 Å². The van der Waals surface area contributed by atoms with Gasteiger partial charge in [-0.15, -0.1) is 22.7 Å². The van der Waals surface area contributed by atoms with Gasteiger partial charge in [-0.2, -0.15) is 0 Å². The maximum atomic E-state index is 4.17. The lowest BCUT2D eigenvalue weighted by molar-refractivity contribution is 0.686. The molecule has 0 aliphatic rings. The molecule has 0 aliphatic heterocycles. The first kappa shape index (κ1) is 8.80. The average Bonchev–Trinajstić information content (AvgIpc) is 2.75. The van der Waals surface area contributed by atoms with E-state index in [4.69, 9.17) is 0 Å². The molecular weight excluding hydrogens is 202 g/mol. The van der Waals surface area contributed by atoms with Crippen molar-refractivity contribution < 1.29 is 0 Å². The van der Waals surface area contributed by atoms with E-state index in [-0.39, 0.29) is 0 Å². The van der Waals surface area contributed by atoms with Crippen molar-refractivity contribution in [3.05, 3.63) is 33.2 Å². The highest BCUT2D eigenvalue weighted by atomic mass is 32.1. The Kier molecular flexibility index (Phi) is 3.02. The van der Waals surface area contributed by atoms with Crippen molar-refractivity contribution in [3.63, 3.8) is 0 Å². The molecule has 0 atom stereocenters. The fraction of sp³-hybridized carbons (Fsp3) is 0.250. The first-order valence-electron chi connectivity index (χ1n) is 3.92. The Balaban J connectivity index is 1.76. The van der Waals surface area contributed by atoms with Gasteiger partial charge in [0.1, 0.15) is 10.0 Å². The Morgan fingerprint density at radius 2 is 1.54 bits per heavy atom. The number of hydrogen-bond acceptors (Lipinski definition) is 5. The van der Waals surface area contributed by atoms with E-state index in [2.05, 4.69) is 15.3 Å². The molecule has 68 valence electrons. The zero-order valence-electron chi connectivity index (χ0n) is 6.93. The second kappa shape index (κ2) is 4.45. The highest BCUT2D eigenvalue weighted by Crippen LogP contribution is 2.05. The van der Waals surface area contributed by atoms with Gasteiger partial charge in [-0.1, -0.05) is 0 Å². The van der Waals surface area contributed by atoms with Crippen molar-refractivity contribution in [1.82, 2.24) is 15.3 Å². The number of rotatable bonds is 4. The van der Waals surface area contributed by atoms with Crippen molar-refractivity contribution >= 4 is 22.7 Å². The fourth-order valence-electron chi connectivity index (χ4n) is 0.957. The Bertz CT molecular complexity index is 294. The summed E-state index contributed by atoms with van der Waals surface area (Å²) < 4.78 is 0. The molecule has 0 spiro atoms. The normalized spacial score (nSPS) is 10.5. The molecule has 0 aliphatic carbocycles. The second-order valence-electron chi connectivity index (χ2n) is 2.46. The molecule has 2 heterocycles. The Morgan fingerprint density at radius 3 is 1.92 bits per heavy atom. The minimum absolute atomic E-state index is 0.831. The van der Waals surface area contributed by atoms with Gasteiger partial charge in [-0.3, -0.25) is 0 Å². The van der Waals surface area contributed by atoms with Gasteiger partial charge in [0.15, 0.2) is 0 Å². The number of hydrogen-bond donors (Lipinski definition) is 1. The maximum Gasteiger partial charge on any atom is 0.106 e. The van der Waals surface area contributed by atoms with Crippen LogP contribution in [-0.2, 0) is 13.1 Å². The van der Waals surface area contributed by atoms with Crippen LogP contribution in [0.15, 0.2) is 23.2 Å². The summed E-state index contributed by atoms with van der Waals surface area (Å²) in [5.41, 5.74) is 0. The lowest BCUT2D eigenvalue weighted by Crippen LogP contribution is -2.11. The minimum atomic E-state index is 0.831. The minimum Gasteiger partial charge on any atom is -0.304 e. The summed E-state index contributed by atoms with van der Waals surface area (Å²) in [5.74, 6) is 0. The van der Waals surface area contributed by atoms with E-state index < -0.39 is 0 Å². The van der Waals surface area contributed by atoms with E-state index in [0.29, 0.717) is 0 Å². The van der Waals surface area contributed by atoms with Gasteiger partial charge in [0.25, 0.3) is 0 Å². The molecule has 13 heavy (non-hydrogen) atoms. The Labute approximate surface area is 84.5 Å². The highest BCUT2D eigenvalue weighted by molar-refractivity contribution is 7.09. The third-order valence-corrected chi connectivity index (χ3v) is 3.08. The van der Waals surface area contributed by atoms with Crippen molar-refractivity contribution in [2.75, 3.05) is 0 Å². The molecule has 2 aromatic rings. The van der Waals surface area contributed by atoms with Gasteiger partial charge in [-0.25, -0.2) is 9.97 Å². The van der Waals surface area contributed by atoms with Crippen LogP contribution >= 0.6 is 22.7 Å². The van der Waals surface area contributed by atoms with Crippen LogP contribution in [0.3, 0.4) is 0 Å². The van der Waals surface area contributed by atoms with E-state index in [1.807, 2.05) is 23.2 Å². The lowest BCUT2D eigenvalue weighted by atomic mass is 10.6. The molecule has 0 unspecified atom stereocenters. The maximum absolute atomic E-state index is 4.17. The molecule has 2 aromatic heterocycles. The summed E-state index contributed by atoms with van der Waals surface area (Å²) >= 11 is 3.34. The van der Waals surface area contributed by atoms with Crippen molar-refractivity contribution in [2.24, 2.45) is 0 Å². The Morgan fingerprint density at radius 1 is 1.00 bits per heavy atom. The van der Waals surface area contributed by atoms with E-state index in [0.717, 1.165) is 23.1 Å². The largest absolute Gasteiger partial charge is 0.304 e. The second-order valence-corrected chi connectivity index (χ2v) is 4.41. The van der Waals surface area contributed by atoms with E-state index in [1.54, 1.807) is 22.7 Å². The molecule has 0 aromatic carbocycles. The number of nitrogens with one attached hydrogen (secondary N) is 1. The molecule has 1 N–H and O–H groups in total. The van der Waals surface area contributed by atoms with E-state index >= 15 is 0 Å². The van der Waals surface area contributed by atoms with Crippen LogP contribution in [0, 0.1) is 0 Å². The van der Waals surface area contributed by atoms with Crippen molar-refractivity contribution in [3.8, 4) is 0 Å². The number of nitrogens with zero attached hydrogens (tertiary/aromatic N) is 2. The van der Waals surface area contributed by atoms with Crippen LogP contribution in [-0.4, -0.2) is 9.97 Å². The van der Waals surface area contributed by atoms with Gasteiger partial charge < -0.3 is 5.32 Å². The highest BCUT2D eigenvalue weighted by Gasteiger charge is 1.96. The van der Waals surface area contributed by atoms with Gasteiger partial charge in [0, 0.05) is 36.2 Å². The Hall–Kier alpha value is -0.780.